The number of aliphatic carboxylic acids is 1. The molecule has 7 nitrogen and oxygen atoms in total. The molecular formula is C23H24N2O5. The van der Waals surface area contributed by atoms with Crippen molar-refractivity contribution in [3.05, 3.63) is 70.6 Å². The number of benzene rings is 2. The van der Waals surface area contributed by atoms with Gasteiger partial charge in [0.25, 0.3) is 0 Å². The molecule has 3 aromatic rings. The molecule has 0 aliphatic carbocycles. The van der Waals surface area contributed by atoms with Crippen LogP contribution in [-0.4, -0.2) is 28.4 Å². The van der Waals surface area contributed by atoms with Gasteiger partial charge in [-0.15, -0.1) is 0 Å². The quantitative estimate of drug-likeness (QED) is 0.430. The summed E-state index contributed by atoms with van der Waals surface area (Å²) < 4.78 is 11.0. The SMILES string of the molecule is C/C(=N\OCc1nc(-c2ccc(C)cc2)oc1C)c1ccc(OCC(=O)O)c(C)c1. The van der Waals surface area contributed by atoms with Gasteiger partial charge in [-0.05, 0) is 69.2 Å². The van der Waals surface area contributed by atoms with E-state index < -0.39 is 5.97 Å². The highest BCUT2D eigenvalue weighted by Gasteiger charge is 2.12. The fourth-order valence-electron chi connectivity index (χ4n) is 2.80. The molecule has 0 aliphatic heterocycles. The van der Waals surface area contributed by atoms with Crippen LogP contribution in [0.3, 0.4) is 0 Å². The van der Waals surface area contributed by atoms with Crippen molar-refractivity contribution in [2.75, 3.05) is 6.61 Å². The van der Waals surface area contributed by atoms with E-state index in [-0.39, 0.29) is 13.2 Å². The van der Waals surface area contributed by atoms with Crippen molar-refractivity contribution in [3.8, 4) is 17.2 Å². The first-order valence-corrected chi connectivity index (χ1v) is 9.49. The predicted octanol–water partition coefficient (Wildman–Crippen LogP) is 4.67. The number of carboxylic acids is 1. The Labute approximate surface area is 175 Å². The molecule has 3 rings (SSSR count). The zero-order chi connectivity index (χ0) is 21.7. The fraction of sp³-hybridized carbons (Fsp3) is 0.261. The third-order valence-electron chi connectivity index (χ3n) is 4.54. The van der Waals surface area contributed by atoms with Crippen LogP contribution < -0.4 is 4.74 Å². The molecule has 1 heterocycles. The Morgan fingerprint density at radius 1 is 1.13 bits per heavy atom. The summed E-state index contributed by atoms with van der Waals surface area (Å²) in [6.45, 7) is 7.37. The fourth-order valence-corrected chi connectivity index (χ4v) is 2.80. The lowest BCUT2D eigenvalue weighted by atomic mass is 10.1. The largest absolute Gasteiger partial charge is 0.482 e. The van der Waals surface area contributed by atoms with Crippen LogP contribution in [-0.2, 0) is 16.2 Å². The van der Waals surface area contributed by atoms with E-state index in [1.807, 2.05) is 64.1 Å². The van der Waals surface area contributed by atoms with Crippen LogP contribution in [0.1, 0.15) is 35.1 Å². The Morgan fingerprint density at radius 2 is 1.87 bits per heavy atom. The standard InChI is InChI=1S/C23H24N2O5/c1-14-5-7-18(8-6-14)23-24-20(17(4)30-23)12-29-25-16(3)19-9-10-21(15(2)11-19)28-13-22(26)27/h5-11H,12-13H2,1-4H3,(H,26,27)/b25-16+. The highest BCUT2D eigenvalue weighted by Crippen LogP contribution is 2.23. The Morgan fingerprint density at radius 3 is 2.53 bits per heavy atom. The summed E-state index contributed by atoms with van der Waals surface area (Å²) in [4.78, 5) is 20.6. The van der Waals surface area contributed by atoms with Crippen molar-refractivity contribution in [2.24, 2.45) is 5.16 Å². The smallest absolute Gasteiger partial charge is 0.341 e. The minimum absolute atomic E-state index is 0.192. The van der Waals surface area contributed by atoms with Crippen LogP contribution in [0.25, 0.3) is 11.5 Å². The van der Waals surface area contributed by atoms with Gasteiger partial charge < -0.3 is 19.1 Å². The van der Waals surface area contributed by atoms with E-state index >= 15 is 0 Å². The van der Waals surface area contributed by atoms with Crippen LogP contribution in [0.5, 0.6) is 5.75 Å². The second-order valence-corrected chi connectivity index (χ2v) is 7.00. The summed E-state index contributed by atoms with van der Waals surface area (Å²) in [7, 11) is 0. The molecule has 1 aromatic heterocycles. The van der Waals surface area contributed by atoms with Crippen molar-refractivity contribution in [3.63, 3.8) is 0 Å². The van der Waals surface area contributed by atoms with E-state index in [9.17, 15) is 4.79 Å². The second-order valence-electron chi connectivity index (χ2n) is 7.00. The van der Waals surface area contributed by atoms with Gasteiger partial charge in [0.1, 0.15) is 17.2 Å². The Balaban J connectivity index is 1.64. The number of ether oxygens (including phenoxy) is 1. The maximum Gasteiger partial charge on any atom is 0.341 e. The highest BCUT2D eigenvalue weighted by atomic mass is 16.6. The van der Waals surface area contributed by atoms with Gasteiger partial charge in [0.2, 0.25) is 5.89 Å². The third kappa shape index (κ3) is 5.26. The summed E-state index contributed by atoms with van der Waals surface area (Å²) in [5.41, 5.74) is 5.13. The van der Waals surface area contributed by atoms with Gasteiger partial charge in [0, 0.05) is 5.56 Å². The maximum atomic E-state index is 10.6. The number of aromatic nitrogens is 1. The number of carbonyl (C=O) groups is 1. The number of aryl methyl sites for hydroxylation is 3. The van der Waals surface area contributed by atoms with Gasteiger partial charge in [-0.3, -0.25) is 0 Å². The molecule has 30 heavy (non-hydrogen) atoms. The topological polar surface area (TPSA) is 94.2 Å². The van der Waals surface area contributed by atoms with Gasteiger partial charge >= 0.3 is 5.97 Å². The first-order chi connectivity index (χ1) is 14.3. The number of hydrogen-bond donors (Lipinski definition) is 1. The molecule has 1 N–H and O–H groups in total. The molecule has 0 saturated carbocycles. The van der Waals surface area contributed by atoms with E-state index in [4.69, 9.17) is 19.1 Å². The van der Waals surface area contributed by atoms with E-state index in [0.29, 0.717) is 28.8 Å². The van der Waals surface area contributed by atoms with E-state index in [1.165, 1.54) is 5.56 Å². The van der Waals surface area contributed by atoms with Crippen LogP contribution in [0.2, 0.25) is 0 Å². The van der Waals surface area contributed by atoms with E-state index in [1.54, 1.807) is 6.07 Å². The van der Waals surface area contributed by atoms with Gasteiger partial charge in [-0.1, -0.05) is 22.9 Å². The van der Waals surface area contributed by atoms with Crippen molar-refractivity contribution in [1.29, 1.82) is 0 Å². The number of oxime groups is 1. The Kier molecular flexibility index (Phi) is 6.51. The van der Waals surface area contributed by atoms with Gasteiger partial charge in [0.05, 0.1) is 5.71 Å². The molecular weight excluding hydrogens is 384 g/mol. The molecule has 0 saturated heterocycles. The van der Waals surface area contributed by atoms with Crippen molar-refractivity contribution < 1.29 is 23.9 Å². The summed E-state index contributed by atoms with van der Waals surface area (Å²) >= 11 is 0. The molecule has 0 fully saturated rings. The molecule has 2 aromatic carbocycles. The number of carboxylic acid groups (broad SMARTS) is 1. The normalized spacial score (nSPS) is 11.4. The first kappa shape index (κ1) is 21.1. The summed E-state index contributed by atoms with van der Waals surface area (Å²) in [5, 5.41) is 12.9. The lowest BCUT2D eigenvalue weighted by Gasteiger charge is -2.09. The average molecular weight is 408 g/mol. The molecule has 0 aliphatic rings. The van der Waals surface area contributed by atoms with E-state index in [0.717, 1.165) is 16.7 Å². The third-order valence-corrected chi connectivity index (χ3v) is 4.54. The molecule has 0 atom stereocenters. The zero-order valence-corrected chi connectivity index (χ0v) is 17.4. The Bertz CT molecular complexity index is 1070. The number of rotatable bonds is 8. The monoisotopic (exact) mass is 408 g/mol. The van der Waals surface area contributed by atoms with Crippen molar-refractivity contribution >= 4 is 11.7 Å². The van der Waals surface area contributed by atoms with E-state index in [2.05, 4.69) is 10.1 Å². The molecule has 156 valence electrons. The van der Waals surface area contributed by atoms with Crippen LogP contribution >= 0.6 is 0 Å². The second kappa shape index (κ2) is 9.26. The number of hydrogen-bond acceptors (Lipinski definition) is 6. The van der Waals surface area contributed by atoms with Gasteiger partial charge in [-0.2, -0.15) is 0 Å². The first-order valence-electron chi connectivity index (χ1n) is 9.49. The minimum Gasteiger partial charge on any atom is -0.482 e. The maximum absolute atomic E-state index is 10.6. The summed E-state index contributed by atoms with van der Waals surface area (Å²) in [6, 6.07) is 13.4. The molecule has 0 unspecified atom stereocenters. The lowest BCUT2D eigenvalue weighted by Crippen LogP contribution is -2.10. The molecule has 7 heteroatoms. The summed E-state index contributed by atoms with van der Waals surface area (Å²) in [5.74, 6) is 0.753. The predicted molar refractivity (Wildman–Crippen MR) is 113 cm³/mol. The summed E-state index contributed by atoms with van der Waals surface area (Å²) in [6.07, 6.45) is 0. The van der Waals surface area contributed by atoms with Crippen molar-refractivity contribution in [2.45, 2.75) is 34.3 Å². The molecule has 0 amide bonds. The van der Waals surface area contributed by atoms with Crippen LogP contribution in [0.15, 0.2) is 52.0 Å². The Hall–Kier alpha value is -3.61. The average Bonchev–Trinajstić information content (AvgIpc) is 3.08. The highest BCUT2D eigenvalue weighted by molar-refractivity contribution is 5.98. The molecule has 0 spiro atoms. The number of oxazole rings is 1. The van der Waals surface area contributed by atoms with Crippen LogP contribution in [0, 0.1) is 20.8 Å². The van der Waals surface area contributed by atoms with Gasteiger partial charge in [0.15, 0.2) is 13.2 Å². The molecule has 0 bridgehead atoms. The van der Waals surface area contributed by atoms with Gasteiger partial charge in [-0.25, -0.2) is 9.78 Å². The zero-order valence-electron chi connectivity index (χ0n) is 17.4. The van der Waals surface area contributed by atoms with Crippen molar-refractivity contribution in [1.82, 2.24) is 4.98 Å². The molecule has 0 radical (unpaired) electrons. The minimum atomic E-state index is -1.02. The van der Waals surface area contributed by atoms with Crippen LogP contribution in [0.4, 0.5) is 0 Å². The number of nitrogens with zero attached hydrogens (tertiary/aromatic N) is 2. The lowest BCUT2D eigenvalue weighted by molar-refractivity contribution is -0.139.